The van der Waals surface area contributed by atoms with Crippen LogP contribution in [-0.4, -0.2) is 12.5 Å². The van der Waals surface area contributed by atoms with Crippen molar-refractivity contribution in [3.63, 3.8) is 0 Å². The van der Waals surface area contributed by atoms with Gasteiger partial charge in [-0.3, -0.25) is 10.4 Å². The van der Waals surface area contributed by atoms with Crippen molar-refractivity contribution in [1.29, 1.82) is 0 Å². The first kappa shape index (κ1) is 13.1. The Morgan fingerprint density at radius 3 is 2.21 bits per heavy atom. The number of benzene rings is 2. The van der Waals surface area contributed by atoms with E-state index in [1.165, 1.54) is 5.56 Å². The molecule has 0 heterocycles. The minimum absolute atomic E-state index is 0.571. The van der Waals surface area contributed by atoms with Crippen molar-refractivity contribution in [1.82, 2.24) is 5.43 Å². The predicted molar refractivity (Wildman–Crippen MR) is 79.8 cm³/mol. The van der Waals surface area contributed by atoms with Crippen molar-refractivity contribution >= 4 is 11.6 Å². The quantitative estimate of drug-likeness (QED) is 0.339. The van der Waals surface area contributed by atoms with E-state index >= 15 is 0 Å². The van der Waals surface area contributed by atoms with E-state index in [2.05, 4.69) is 27.9 Å². The first-order valence-corrected chi connectivity index (χ1v) is 6.25. The Morgan fingerprint density at radius 2 is 1.58 bits per heavy atom. The number of nitrogens with one attached hydrogen (secondary N) is 2. The van der Waals surface area contributed by atoms with Gasteiger partial charge < -0.3 is 5.32 Å². The van der Waals surface area contributed by atoms with E-state index in [4.69, 9.17) is 5.84 Å². The van der Waals surface area contributed by atoms with Gasteiger partial charge in [0.15, 0.2) is 0 Å². The number of rotatable bonds is 4. The minimum atomic E-state index is 0.571. The van der Waals surface area contributed by atoms with Crippen LogP contribution in [0.4, 0.5) is 5.69 Å². The molecule has 4 N–H and O–H groups in total. The summed E-state index contributed by atoms with van der Waals surface area (Å²) in [5.41, 5.74) is 4.80. The number of aliphatic imine (C=N–C) groups is 1. The average molecular weight is 254 g/mol. The molecule has 2 aromatic rings. The van der Waals surface area contributed by atoms with E-state index < -0.39 is 0 Å². The molecule has 4 heteroatoms. The highest BCUT2D eigenvalue weighted by molar-refractivity contribution is 5.93. The summed E-state index contributed by atoms with van der Waals surface area (Å²) in [5, 5.41) is 3.13. The SMILES string of the molecule is NNC(=NCCc1ccccc1)Nc1ccccc1. The first-order valence-electron chi connectivity index (χ1n) is 6.25. The molecule has 2 rings (SSSR count). The molecule has 0 spiro atoms. The van der Waals surface area contributed by atoms with Crippen LogP contribution in [0, 0.1) is 0 Å². The fraction of sp³-hybridized carbons (Fsp3) is 0.133. The van der Waals surface area contributed by atoms with Gasteiger partial charge in [-0.05, 0) is 24.1 Å². The molecule has 4 nitrogen and oxygen atoms in total. The third-order valence-corrected chi connectivity index (χ3v) is 2.69. The Hall–Kier alpha value is -2.33. The molecule has 0 aliphatic heterocycles. The van der Waals surface area contributed by atoms with Gasteiger partial charge in [0.25, 0.3) is 0 Å². The van der Waals surface area contributed by atoms with Crippen LogP contribution in [0.5, 0.6) is 0 Å². The molecule has 0 fully saturated rings. The van der Waals surface area contributed by atoms with Crippen LogP contribution in [0.25, 0.3) is 0 Å². The van der Waals surface area contributed by atoms with E-state index in [0.29, 0.717) is 12.5 Å². The van der Waals surface area contributed by atoms with Gasteiger partial charge in [-0.15, -0.1) is 0 Å². The highest BCUT2D eigenvalue weighted by atomic mass is 15.3. The van der Waals surface area contributed by atoms with Gasteiger partial charge in [0, 0.05) is 12.2 Å². The Balaban J connectivity index is 1.89. The van der Waals surface area contributed by atoms with E-state index in [1.807, 2.05) is 48.5 Å². The molecule has 19 heavy (non-hydrogen) atoms. The molecule has 0 amide bonds. The maximum absolute atomic E-state index is 5.46. The van der Waals surface area contributed by atoms with Crippen molar-refractivity contribution in [2.24, 2.45) is 10.8 Å². The number of guanidine groups is 1. The van der Waals surface area contributed by atoms with Gasteiger partial charge in [0.05, 0.1) is 0 Å². The molecule has 2 aromatic carbocycles. The van der Waals surface area contributed by atoms with Crippen LogP contribution in [0.15, 0.2) is 65.7 Å². The summed E-state index contributed by atoms with van der Waals surface area (Å²) >= 11 is 0. The van der Waals surface area contributed by atoms with Gasteiger partial charge in [0.2, 0.25) is 5.96 Å². The molecule has 0 saturated heterocycles. The summed E-state index contributed by atoms with van der Waals surface area (Å²) in [6.45, 7) is 0.684. The largest absolute Gasteiger partial charge is 0.325 e. The fourth-order valence-electron chi connectivity index (χ4n) is 1.72. The van der Waals surface area contributed by atoms with Crippen LogP contribution >= 0.6 is 0 Å². The summed E-state index contributed by atoms with van der Waals surface area (Å²) in [6, 6.07) is 20.1. The molecule has 0 saturated carbocycles. The smallest absolute Gasteiger partial charge is 0.210 e. The maximum Gasteiger partial charge on any atom is 0.210 e. The summed E-state index contributed by atoms with van der Waals surface area (Å²) in [4.78, 5) is 4.40. The van der Waals surface area contributed by atoms with Crippen LogP contribution in [0.3, 0.4) is 0 Å². The standard InChI is InChI=1S/C15H18N4/c16-19-15(18-14-9-5-2-6-10-14)17-12-11-13-7-3-1-4-8-13/h1-10H,11-12,16H2,(H2,17,18,19). The lowest BCUT2D eigenvalue weighted by Crippen LogP contribution is -2.36. The lowest BCUT2D eigenvalue weighted by Gasteiger charge is -2.08. The molecule has 0 aliphatic rings. The van der Waals surface area contributed by atoms with Crippen LogP contribution in [-0.2, 0) is 6.42 Å². The van der Waals surface area contributed by atoms with Crippen LogP contribution in [0.1, 0.15) is 5.56 Å². The van der Waals surface area contributed by atoms with E-state index in [1.54, 1.807) is 0 Å². The van der Waals surface area contributed by atoms with Crippen molar-refractivity contribution < 1.29 is 0 Å². The molecule has 0 bridgehead atoms. The van der Waals surface area contributed by atoms with Gasteiger partial charge >= 0.3 is 0 Å². The number of para-hydroxylation sites is 1. The van der Waals surface area contributed by atoms with Crippen molar-refractivity contribution in [3.05, 3.63) is 66.2 Å². The molecule has 0 aromatic heterocycles. The molecule has 98 valence electrons. The van der Waals surface area contributed by atoms with Gasteiger partial charge in [0.1, 0.15) is 0 Å². The van der Waals surface area contributed by atoms with E-state index in [0.717, 1.165) is 12.1 Å². The molecule has 0 atom stereocenters. The second-order valence-electron chi connectivity index (χ2n) is 4.10. The zero-order chi connectivity index (χ0) is 13.3. The average Bonchev–Trinajstić information content (AvgIpc) is 2.48. The molecular formula is C15H18N4. The zero-order valence-electron chi connectivity index (χ0n) is 10.7. The number of nitrogens with two attached hydrogens (primary N) is 1. The van der Waals surface area contributed by atoms with Gasteiger partial charge in [-0.25, -0.2) is 5.84 Å². The second-order valence-corrected chi connectivity index (χ2v) is 4.10. The third-order valence-electron chi connectivity index (χ3n) is 2.69. The highest BCUT2D eigenvalue weighted by Gasteiger charge is 1.97. The second kappa shape index (κ2) is 7.18. The highest BCUT2D eigenvalue weighted by Crippen LogP contribution is 2.04. The number of hydrogen-bond acceptors (Lipinski definition) is 2. The lowest BCUT2D eigenvalue weighted by molar-refractivity contribution is 0.930. The lowest BCUT2D eigenvalue weighted by atomic mass is 10.2. The first-order chi connectivity index (χ1) is 9.38. The van der Waals surface area contributed by atoms with Crippen molar-refractivity contribution in [3.8, 4) is 0 Å². The molecule has 0 aliphatic carbocycles. The zero-order valence-corrected chi connectivity index (χ0v) is 10.7. The predicted octanol–water partition coefficient (Wildman–Crippen LogP) is 2.16. The normalized spacial score (nSPS) is 11.1. The number of hydrogen-bond donors (Lipinski definition) is 3. The third kappa shape index (κ3) is 4.44. The Bertz CT molecular complexity index is 508. The summed E-state index contributed by atoms with van der Waals surface area (Å²) in [7, 11) is 0. The number of nitrogens with zero attached hydrogens (tertiary/aromatic N) is 1. The molecular weight excluding hydrogens is 236 g/mol. The van der Waals surface area contributed by atoms with Crippen LogP contribution < -0.4 is 16.6 Å². The Labute approximate surface area is 113 Å². The molecule has 0 radical (unpaired) electrons. The summed E-state index contributed by atoms with van der Waals surface area (Å²) in [5.74, 6) is 6.03. The number of hydrazine groups is 1. The summed E-state index contributed by atoms with van der Waals surface area (Å²) < 4.78 is 0. The number of anilines is 1. The Kier molecular flexibility index (Phi) is 4.96. The van der Waals surface area contributed by atoms with Crippen LogP contribution in [0.2, 0.25) is 0 Å². The minimum Gasteiger partial charge on any atom is -0.325 e. The topological polar surface area (TPSA) is 62.4 Å². The summed E-state index contributed by atoms with van der Waals surface area (Å²) in [6.07, 6.45) is 0.891. The van der Waals surface area contributed by atoms with Gasteiger partial charge in [-0.2, -0.15) is 0 Å². The molecule has 0 unspecified atom stereocenters. The monoisotopic (exact) mass is 254 g/mol. The maximum atomic E-state index is 5.46. The van der Waals surface area contributed by atoms with E-state index in [9.17, 15) is 0 Å². The van der Waals surface area contributed by atoms with E-state index in [-0.39, 0.29) is 0 Å². The Morgan fingerprint density at radius 1 is 0.947 bits per heavy atom. The van der Waals surface area contributed by atoms with Crippen molar-refractivity contribution in [2.75, 3.05) is 11.9 Å². The van der Waals surface area contributed by atoms with Gasteiger partial charge in [-0.1, -0.05) is 48.5 Å². The van der Waals surface area contributed by atoms with Crippen molar-refractivity contribution in [2.45, 2.75) is 6.42 Å². The fourth-order valence-corrected chi connectivity index (χ4v) is 1.72.